The van der Waals surface area contributed by atoms with Gasteiger partial charge in [-0.25, -0.2) is 0 Å². The number of piperidine rings is 1. The van der Waals surface area contributed by atoms with Crippen LogP contribution in [0.15, 0.2) is 0 Å². The second-order valence-corrected chi connectivity index (χ2v) is 6.10. The van der Waals surface area contributed by atoms with E-state index in [9.17, 15) is 0 Å². The first-order valence-corrected chi connectivity index (χ1v) is 8.55. The van der Waals surface area contributed by atoms with Gasteiger partial charge in [-0.1, -0.05) is 40.0 Å². The molecule has 19 heavy (non-hydrogen) atoms. The summed E-state index contributed by atoms with van der Waals surface area (Å²) in [5.41, 5.74) is 0. The van der Waals surface area contributed by atoms with Crippen LogP contribution in [0.2, 0.25) is 0 Å². The molecule has 1 aliphatic rings. The zero-order valence-corrected chi connectivity index (χ0v) is 14.2. The number of likely N-dealkylation sites (tertiary alicyclic amines) is 1. The first-order valence-electron chi connectivity index (χ1n) is 8.55. The lowest BCUT2D eigenvalue weighted by atomic mass is 9.99. The second-order valence-electron chi connectivity index (χ2n) is 6.10. The Bertz CT molecular complexity index is 172. The van der Waals surface area contributed by atoms with Crippen molar-refractivity contribution in [3.63, 3.8) is 0 Å². The largest absolute Gasteiger partial charge is 0.309 e. The van der Waals surface area contributed by atoms with Crippen molar-refractivity contribution < 1.29 is 0 Å². The molecule has 0 spiro atoms. The smallest absolute Gasteiger partial charge is 0.00162 e. The van der Waals surface area contributed by atoms with E-state index in [4.69, 9.17) is 0 Å². The first kappa shape index (κ1) is 18.9. The van der Waals surface area contributed by atoms with Crippen LogP contribution in [0.4, 0.5) is 0 Å². The molecular formula is C17H38N2. The highest BCUT2D eigenvalue weighted by atomic mass is 15.1. The molecule has 0 aromatic rings. The average Bonchev–Trinajstić information content (AvgIpc) is 2.42. The lowest BCUT2D eigenvalue weighted by molar-refractivity contribution is 0.189. The van der Waals surface area contributed by atoms with E-state index in [2.05, 4.69) is 30.8 Å². The van der Waals surface area contributed by atoms with E-state index in [0.29, 0.717) is 0 Å². The third-order valence-corrected chi connectivity index (χ3v) is 3.96. The summed E-state index contributed by atoms with van der Waals surface area (Å²) in [4.78, 5) is 4.95. The number of rotatable bonds is 8. The predicted octanol–water partition coefficient (Wildman–Crippen LogP) is 4.26. The standard InChI is InChI=1S/C15H32N2.C2H6/c1-15-9-13-17(14-10-15)12-8-6-4-5-7-11-16(2)3;1-2/h15H,4-14H2,1-3H3;1-2H3. The fourth-order valence-corrected chi connectivity index (χ4v) is 2.58. The highest BCUT2D eigenvalue weighted by Crippen LogP contribution is 2.16. The monoisotopic (exact) mass is 270 g/mol. The van der Waals surface area contributed by atoms with E-state index in [1.807, 2.05) is 13.8 Å². The number of nitrogens with zero attached hydrogens (tertiary/aromatic N) is 2. The first-order chi connectivity index (χ1) is 9.18. The van der Waals surface area contributed by atoms with Crippen LogP contribution in [0, 0.1) is 5.92 Å². The Morgan fingerprint density at radius 3 is 2.00 bits per heavy atom. The highest BCUT2D eigenvalue weighted by molar-refractivity contribution is 4.69. The van der Waals surface area contributed by atoms with Gasteiger partial charge in [0.2, 0.25) is 0 Å². The Labute approximate surface area is 122 Å². The van der Waals surface area contributed by atoms with Crippen molar-refractivity contribution in [1.82, 2.24) is 9.80 Å². The van der Waals surface area contributed by atoms with Crippen molar-refractivity contribution in [2.75, 3.05) is 40.3 Å². The molecule has 0 N–H and O–H groups in total. The summed E-state index contributed by atoms with van der Waals surface area (Å²) in [5.74, 6) is 0.970. The summed E-state index contributed by atoms with van der Waals surface area (Å²) in [5, 5.41) is 0. The Hall–Kier alpha value is -0.0800. The van der Waals surface area contributed by atoms with Crippen LogP contribution in [-0.4, -0.2) is 50.1 Å². The molecule has 0 bridgehead atoms. The lowest BCUT2D eigenvalue weighted by Crippen LogP contribution is -2.33. The van der Waals surface area contributed by atoms with Gasteiger partial charge < -0.3 is 9.80 Å². The molecule has 116 valence electrons. The average molecular weight is 271 g/mol. The predicted molar refractivity (Wildman–Crippen MR) is 87.8 cm³/mol. The van der Waals surface area contributed by atoms with Gasteiger partial charge in [0.25, 0.3) is 0 Å². The Balaban J connectivity index is 0.00000154. The van der Waals surface area contributed by atoms with E-state index in [1.165, 1.54) is 71.1 Å². The van der Waals surface area contributed by atoms with Gasteiger partial charge in [-0.15, -0.1) is 0 Å². The molecule has 1 saturated heterocycles. The second kappa shape index (κ2) is 12.9. The summed E-state index contributed by atoms with van der Waals surface area (Å²) in [6.07, 6.45) is 9.89. The molecule has 1 fully saturated rings. The molecule has 2 heteroatoms. The van der Waals surface area contributed by atoms with Crippen LogP contribution < -0.4 is 0 Å². The van der Waals surface area contributed by atoms with Crippen LogP contribution >= 0.6 is 0 Å². The van der Waals surface area contributed by atoms with Crippen molar-refractivity contribution in [1.29, 1.82) is 0 Å². The van der Waals surface area contributed by atoms with Crippen molar-refractivity contribution >= 4 is 0 Å². The quantitative estimate of drug-likeness (QED) is 0.608. The van der Waals surface area contributed by atoms with E-state index >= 15 is 0 Å². The van der Waals surface area contributed by atoms with Crippen LogP contribution in [0.5, 0.6) is 0 Å². The fourth-order valence-electron chi connectivity index (χ4n) is 2.58. The number of unbranched alkanes of at least 4 members (excludes halogenated alkanes) is 4. The molecule has 0 aromatic heterocycles. The van der Waals surface area contributed by atoms with Gasteiger partial charge in [-0.2, -0.15) is 0 Å². The zero-order chi connectivity index (χ0) is 14.5. The van der Waals surface area contributed by atoms with E-state index < -0.39 is 0 Å². The SMILES string of the molecule is CC.CC1CCN(CCCCCCCN(C)C)CC1. The number of hydrogen-bond acceptors (Lipinski definition) is 2. The molecule has 0 saturated carbocycles. The number of hydrogen-bond donors (Lipinski definition) is 0. The summed E-state index contributed by atoms with van der Waals surface area (Å²) < 4.78 is 0. The summed E-state index contributed by atoms with van der Waals surface area (Å²) in [6.45, 7) is 11.7. The van der Waals surface area contributed by atoms with Crippen molar-refractivity contribution in [2.24, 2.45) is 5.92 Å². The Morgan fingerprint density at radius 1 is 0.895 bits per heavy atom. The molecule has 0 aliphatic carbocycles. The van der Waals surface area contributed by atoms with Gasteiger partial charge in [0.05, 0.1) is 0 Å². The van der Waals surface area contributed by atoms with E-state index in [0.717, 1.165) is 5.92 Å². The van der Waals surface area contributed by atoms with Gasteiger partial charge >= 0.3 is 0 Å². The van der Waals surface area contributed by atoms with E-state index in [1.54, 1.807) is 0 Å². The Morgan fingerprint density at radius 2 is 1.42 bits per heavy atom. The molecule has 1 rings (SSSR count). The molecule has 0 unspecified atom stereocenters. The van der Waals surface area contributed by atoms with Gasteiger partial charge in [-0.3, -0.25) is 0 Å². The van der Waals surface area contributed by atoms with Crippen LogP contribution in [0.1, 0.15) is 65.7 Å². The fraction of sp³-hybridized carbons (Fsp3) is 1.00. The topological polar surface area (TPSA) is 6.48 Å². The van der Waals surface area contributed by atoms with Crippen molar-refractivity contribution in [3.05, 3.63) is 0 Å². The van der Waals surface area contributed by atoms with Crippen LogP contribution in [0.3, 0.4) is 0 Å². The van der Waals surface area contributed by atoms with Crippen molar-refractivity contribution in [3.8, 4) is 0 Å². The maximum Gasteiger partial charge on any atom is -0.00162 e. The van der Waals surface area contributed by atoms with Gasteiger partial charge in [0.15, 0.2) is 0 Å². The third-order valence-electron chi connectivity index (χ3n) is 3.96. The molecule has 0 radical (unpaired) electrons. The minimum Gasteiger partial charge on any atom is -0.309 e. The molecule has 1 aliphatic heterocycles. The minimum absolute atomic E-state index is 0.970. The normalized spacial score (nSPS) is 17.4. The molecule has 0 amide bonds. The summed E-state index contributed by atoms with van der Waals surface area (Å²) in [6, 6.07) is 0. The maximum atomic E-state index is 2.67. The molecular weight excluding hydrogens is 232 g/mol. The highest BCUT2D eigenvalue weighted by Gasteiger charge is 2.14. The minimum atomic E-state index is 0.970. The van der Waals surface area contributed by atoms with Gasteiger partial charge in [0, 0.05) is 0 Å². The van der Waals surface area contributed by atoms with E-state index in [-0.39, 0.29) is 0 Å². The summed E-state index contributed by atoms with van der Waals surface area (Å²) >= 11 is 0. The molecule has 2 nitrogen and oxygen atoms in total. The Kier molecular flexibility index (Phi) is 12.9. The molecule has 0 aromatic carbocycles. The van der Waals surface area contributed by atoms with Gasteiger partial charge in [0.1, 0.15) is 0 Å². The lowest BCUT2D eigenvalue weighted by Gasteiger charge is -2.30. The van der Waals surface area contributed by atoms with Crippen LogP contribution in [0.25, 0.3) is 0 Å². The molecule has 1 heterocycles. The molecule has 0 atom stereocenters. The van der Waals surface area contributed by atoms with Crippen LogP contribution in [-0.2, 0) is 0 Å². The van der Waals surface area contributed by atoms with Crippen molar-refractivity contribution in [2.45, 2.75) is 65.7 Å². The maximum absolute atomic E-state index is 2.67. The third kappa shape index (κ3) is 11.4. The zero-order valence-electron chi connectivity index (χ0n) is 14.2. The summed E-state index contributed by atoms with van der Waals surface area (Å²) in [7, 11) is 4.33. The van der Waals surface area contributed by atoms with Gasteiger partial charge in [-0.05, 0) is 71.9 Å².